The molecule has 0 unspecified atom stereocenters. The van der Waals surface area contributed by atoms with Crippen LogP contribution in [-0.4, -0.2) is 23.1 Å². The minimum absolute atomic E-state index is 0.0658. The standard InChI is InChI=1S/C17H21N3O/c1-13-18-16(12-17(21)19-13)20-9-7-15(8-10-20)11-14-5-3-2-4-6-14/h2-6,12,15H,7-11H2,1H3,(H,18,19,21). The summed E-state index contributed by atoms with van der Waals surface area (Å²) in [7, 11) is 0. The van der Waals surface area contributed by atoms with Crippen LogP contribution in [0.5, 0.6) is 0 Å². The van der Waals surface area contributed by atoms with Gasteiger partial charge in [0, 0.05) is 19.2 Å². The lowest BCUT2D eigenvalue weighted by Crippen LogP contribution is -2.35. The van der Waals surface area contributed by atoms with Crippen LogP contribution in [0.25, 0.3) is 0 Å². The van der Waals surface area contributed by atoms with Gasteiger partial charge in [0.25, 0.3) is 5.56 Å². The molecule has 0 aliphatic carbocycles. The zero-order valence-electron chi connectivity index (χ0n) is 12.4. The van der Waals surface area contributed by atoms with Gasteiger partial charge in [-0.25, -0.2) is 4.98 Å². The first-order chi connectivity index (χ1) is 10.2. The third-order valence-electron chi connectivity index (χ3n) is 4.15. The fraction of sp³-hybridized carbons (Fsp3) is 0.412. The third-order valence-corrected chi connectivity index (χ3v) is 4.15. The molecule has 2 heterocycles. The Bertz CT molecular complexity index is 643. The molecular weight excluding hydrogens is 262 g/mol. The summed E-state index contributed by atoms with van der Waals surface area (Å²) in [5.74, 6) is 2.23. The van der Waals surface area contributed by atoms with Gasteiger partial charge in [0.15, 0.2) is 0 Å². The fourth-order valence-electron chi connectivity index (χ4n) is 3.04. The molecule has 110 valence electrons. The molecule has 1 saturated heterocycles. The van der Waals surface area contributed by atoms with Gasteiger partial charge in [-0.05, 0) is 37.7 Å². The molecule has 1 aliphatic rings. The van der Waals surface area contributed by atoms with E-state index in [0.717, 1.165) is 44.1 Å². The second-order valence-corrected chi connectivity index (χ2v) is 5.81. The van der Waals surface area contributed by atoms with E-state index in [1.54, 1.807) is 6.07 Å². The van der Waals surface area contributed by atoms with E-state index in [9.17, 15) is 4.79 Å². The average molecular weight is 283 g/mol. The Balaban J connectivity index is 1.61. The molecule has 0 spiro atoms. The van der Waals surface area contributed by atoms with Crippen molar-refractivity contribution in [3.63, 3.8) is 0 Å². The van der Waals surface area contributed by atoms with E-state index in [0.29, 0.717) is 5.82 Å². The van der Waals surface area contributed by atoms with Crippen molar-refractivity contribution >= 4 is 5.82 Å². The number of rotatable bonds is 3. The Labute approximate surface area is 124 Å². The summed E-state index contributed by atoms with van der Waals surface area (Å²) >= 11 is 0. The van der Waals surface area contributed by atoms with E-state index >= 15 is 0 Å². The number of anilines is 1. The summed E-state index contributed by atoms with van der Waals surface area (Å²) in [4.78, 5) is 20.9. The topological polar surface area (TPSA) is 49.0 Å². The molecule has 21 heavy (non-hydrogen) atoms. The van der Waals surface area contributed by atoms with E-state index in [1.165, 1.54) is 5.56 Å². The first-order valence-electron chi connectivity index (χ1n) is 7.57. The molecule has 0 amide bonds. The number of nitrogens with one attached hydrogen (secondary N) is 1. The fourth-order valence-corrected chi connectivity index (χ4v) is 3.04. The molecule has 4 heteroatoms. The van der Waals surface area contributed by atoms with Gasteiger partial charge >= 0.3 is 0 Å². The minimum atomic E-state index is -0.0658. The maximum atomic E-state index is 11.5. The molecule has 1 N–H and O–H groups in total. The molecule has 1 aromatic carbocycles. The van der Waals surface area contributed by atoms with Crippen molar-refractivity contribution in [1.82, 2.24) is 9.97 Å². The molecule has 2 aromatic rings. The van der Waals surface area contributed by atoms with Crippen LogP contribution in [0.3, 0.4) is 0 Å². The molecular formula is C17H21N3O. The predicted molar refractivity (Wildman–Crippen MR) is 84.7 cm³/mol. The Morgan fingerprint density at radius 1 is 1.24 bits per heavy atom. The van der Waals surface area contributed by atoms with Crippen LogP contribution in [0, 0.1) is 12.8 Å². The van der Waals surface area contributed by atoms with Gasteiger partial charge in [0.05, 0.1) is 0 Å². The van der Waals surface area contributed by atoms with Crippen molar-refractivity contribution in [1.29, 1.82) is 0 Å². The Morgan fingerprint density at radius 3 is 2.62 bits per heavy atom. The van der Waals surface area contributed by atoms with Crippen LogP contribution >= 0.6 is 0 Å². The second kappa shape index (κ2) is 6.12. The van der Waals surface area contributed by atoms with Crippen molar-refractivity contribution in [2.24, 2.45) is 5.92 Å². The van der Waals surface area contributed by atoms with Gasteiger partial charge in [-0.3, -0.25) is 4.79 Å². The van der Waals surface area contributed by atoms with Crippen molar-refractivity contribution < 1.29 is 0 Å². The predicted octanol–water partition coefficient (Wildman–Crippen LogP) is 2.54. The number of aromatic amines is 1. The largest absolute Gasteiger partial charge is 0.356 e. The van der Waals surface area contributed by atoms with Gasteiger partial charge in [0.2, 0.25) is 0 Å². The SMILES string of the molecule is Cc1nc(N2CCC(Cc3ccccc3)CC2)cc(=O)[nH]1. The summed E-state index contributed by atoms with van der Waals surface area (Å²) in [5.41, 5.74) is 1.35. The number of H-pyrrole nitrogens is 1. The number of aryl methyl sites for hydroxylation is 1. The second-order valence-electron chi connectivity index (χ2n) is 5.81. The summed E-state index contributed by atoms with van der Waals surface area (Å²) in [6.07, 6.45) is 3.46. The third kappa shape index (κ3) is 3.51. The van der Waals surface area contributed by atoms with Gasteiger partial charge in [-0.1, -0.05) is 30.3 Å². The normalized spacial score (nSPS) is 16.1. The van der Waals surface area contributed by atoms with Gasteiger partial charge in [0.1, 0.15) is 11.6 Å². The number of hydrogen-bond acceptors (Lipinski definition) is 3. The van der Waals surface area contributed by atoms with E-state index in [1.807, 2.05) is 6.92 Å². The summed E-state index contributed by atoms with van der Waals surface area (Å²) in [6.45, 7) is 3.79. The van der Waals surface area contributed by atoms with Crippen molar-refractivity contribution in [3.8, 4) is 0 Å². The van der Waals surface area contributed by atoms with Gasteiger partial charge in [-0.15, -0.1) is 0 Å². The lowest BCUT2D eigenvalue weighted by Gasteiger charge is -2.32. The first kappa shape index (κ1) is 13.9. The Hall–Kier alpha value is -2.10. The molecule has 0 atom stereocenters. The smallest absolute Gasteiger partial charge is 0.252 e. The highest BCUT2D eigenvalue weighted by atomic mass is 16.1. The molecule has 0 bridgehead atoms. The zero-order chi connectivity index (χ0) is 14.7. The molecule has 1 aliphatic heterocycles. The Kier molecular flexibility index (Phi) is 4.04. The van der Waals surface area contributed by atoms with E-state index in [-0.39, 0.29) is 5.56 Å². The zero-order valence-corrected chi connectivity index (χ0v) is 12.4. The average Bonchev–Trinajstić information content (AvgIpc) is 2.48. The number of benzene rings is 1. The maximum Gasteiger partial charge on any atom is 0.252 e. The monoisotopic (exact) mass is 283 g/mol. The van der Waals surface area contributed by atoms with Crippen molar-refractivity contribution in [3.05, 3.63) is 58.1 Å². The van der Waals surface area contributed by atoms with Crippen LogP contribution in [0.15, 0.2) is 41.2 Å². The Morgan fingerprint density at radius 2 is 1.95 bits per heavy atom. The number of aromatic nitrogens is 2. The highest BCUT2D eigenvalue weighted by molar-refractivity contribution is 5.37. The van der Waals surface area contributed by atoms with Gasteiger partial charge in [-0.2, -0.15) is 0 Å². The highest BCUT2D eigenvalue weighted by Gasteiger charge is 2.20. The summed E-state index contributed by atoms with van der Waals surface area (Å²) in [6, 6.07) is 12.3. The molecule has 0 saturated carbocycles. The molecule has 1 fully saturated rings. The van der Waals surface area contributed by atoms with Crippen LogP contribution in [-0.2, 0) is 6.42 Å². The number of nitrogens with zero attached hydrogens (tertiary/aromatic N) is 2. The molecule has 3 rings (SSSR count). The maximum absolute atomic E-state index is 11.5. The lowest BCUT2D eigenvalue weighted by atomic mass is 9.90. The van der Waals surface area contributed by atoms with E-state index in [4.69, 9.17) is 0 Å². The molecule has 4 nitrogen and oxygen atoms in total. The summed E-state index contributed by atoms with van der Waals surface area (Å²) in [5, 5.41) is 0. The lowest BCUT2D eigenvalue weighted by molar-refractivity contribution is 0.402. The van der Waals surface area contributed by atoms with Gasteiger partial charge < -0.3 is 9.88 Å². The summed E-state index contributed by atoms with van der Waals surface area (Å²) < 4.78 is 0. The molecule has 0 radical (unpaired) electrons. The minimum Gasteiger partial charge on any atom is -0.356 e. The van der Waals surface area contributed by atoms with Crippen LogP contribution in [0.4, 0.5) is 5.82 Å². The van der Waals surface area contributed by atoms with E-state index < -0.39 is 0 Å². The van der Waals surface area contributed by atoms with E-state index in [2.05, 4.69) is 45.2 Å². The molecule has 1 aromatic heterocycles. The van der Waals surface area contributed by atoms with Crippen molar-refractivity contribution in [2.75, 3.05) is 18.0 Å². The van der Waals surface area contributed by atoms with Crippen molar-refractivity contribution in [2.45, 2.75) is 26.2 Å². The number of piperidine rings is 1. The van der Waals surface area contributed by atoms with Crippen LogP contribution in [0.1, 0.15) is 24.2 Å². The quantitative estimate of drug-likeness (QED) is 0.941. The van der Waals surface area contributed by atoms with Crippen LogP contribution < -0.4 is 10.5 Å². The van der Waals surface area contributed by atoms with Crippen LogP contribution in [0.2, 0.25) is 0 Å². The number of hydrogen-bond donors (Lipinski definition) is 1. The first-order valence-corrected chi connectivity index (χ1v) is 7.57. The highest BCUT2D eigenvalue weighted by Crippen LogP contribution is 2.24.